The summed E-state index contributed by atoms with van der Waals surface area (Å²) in [5.74, 6) is -0.649. The van der Waals surface area contributed by atoms with Gasteiger partial charge in [0, 0.05) is 31.3 Å². The molecule has 2 aliphatic rings. The number of aliphatic hydroxyl groups is 1. The number of piperidine rings is 2. The molecule has 6 nitrogen and oxygen atoms in total. The average Bonchev–Trinajstić information content (AvgIpc) is 2.91. The first-order valence-corrected chi connectivity index (χ1v) is 12.6. The molecule has 2 N–H and O–H groups in total. The van der Waals surface area contributed by atoms with Gasteiger partial charge in [0.15, 0.2) is 0 Å². The van der Waals surface area contributed by atoms with Crippen LogP contribution in [-0.2, 0) is 11.3 Å². The Kier molecular flexibility index (Phi) is 8.50. The Balaban J connectivity index is 1.46. The Labute approximate surface area is 207 Å². The number of nitrogens with one attached hydrogen (secondary N) is 1. The van der Waals surface area contributed by atoms with E-state index in [0.29, 0.717) is 18.7 Å². The van der Waals surface area contributed by atoms with Crippen LogP contribution in [0.1, 0.15) is 43.2 Å². The van der Waals surface area contributed by atoms with E-state index in [-0.39, 0.29) is 29.4 Å². The number of nitriles is 1. The first kappa shape index (κ1) is 25.3. The molecule has 2 heterocycles. The quantitative estimate of drug-likeness (QED) is 0.605. The van der Waals surface area contributed by atoms with Crippen molar-refractivity contribution in [1.29, 1.82) is 5.26 Å². The minimum absolute atomic E-state index is 0.0246. The van der Waals surface area contributed by atoms with Gasteiger partial charge in [0.2, 0.25) is 5.91 Å². The SMILES string of the molecule is N#Cc1cc(N(CCC2(CO)CCN(Cc3ccccc3)CC2)C(=O)C2CCNCC2)ccc1F. The molecule has 1 amide bonds. The number of benzene rings is 2. The van der Waals surface area contributed by atoms with Crippen molar-refractivity contribution in [1.82, 2.24) is 10.2 Å². The number of carbonyl (C=O) groups is 1. The number of nitrogens with zero attached hydrogens (tertiary/aromatic N) is 3. The maximum absolute atomic E-state index is 14.0. The topological polar surface area (TPSA) is 79.6 Å². The van der Waals surface area contributed by atoms with E-state index in [1.807, 2.05) is 12.1 Å². The van der Waals surface area contributed by atoms with Crippen molar-refractivity contribution in [3.63, 3.8) is 0 Å². The molecule has 186 valence electrons. The Hall–Kier alpha value is -2.79. The molecule has 4 rings (SSSR count). The van der Waals surface area contributed by atoms with Crippen LogP contribution in [0, 0.1) is 28.5 Å². The number of halogens is 1. The van der Waals surface area contributed by atoms with E-state index >= 15 is 0 Å². The molecule has 35 heavy (non-hydrogen) atoms. The highest BCUT2D eigenvalue weighted by molar-refractivity contribution is 5.95. The van der Waals surface area contributed by atoms with Crippen LogP contribution in [0.3, 0.4) is 0 Å². The summed E-state index contributed by atoms with van der Waals surface area (Å²) < 4.78 is 14.0. The molecule has 2 saturated heterocycles. The third kappa shape index (κ3) is 6.26. The van der Waals surface area contributed by atoms with Crippen molar-refractivity contribution in [2.75, 3.05) is 44.2 Å². The van der Waals surface area contributed by atoms with Crippen molar-refractivity contribution >= 4 is 11.6 Å². The third-order valence-corrected chi connectivity index (χ3v) is 7.70. The minimum Gasteiger partial charge on any atom is -0.396 e. The fraction of sp³-hybridized carbons (Fsp3) is 0.500. The number of anilines is 1. The van der Waals surface area contributed by atoms with Crippen LogP contribution in [0.2, 0.25) is 0 Å². The van der Waals surface area contributed by atoms with Crippen molar-refractivity contribution in [2.24, 2.45) is 11.3 Å². The van der Waals surface area contributed by atoms with Crippen molar-refractivity contribution in [3.8, 4) is 6.07 Å². The van der Waals surface area contributed by atoms with Crippen LogP contribution < -0.4 is 10.2 Å². The maximum atomic E-state index is 14.0. The highest BCUT2D eigenvalue weighted by Gasteiger charge is 2.36. The van der Waals surface area contributed by atoms with Gasteiger partial charge in [-0.1, -0.05) is 30.3 Å². The van der Waals surface area contributed by atoms with Gasteiger partial charge in [-0.05, 0) is 87.5 Å². The van der Waals surface area contributed by atoms with Crippen molar-refractivity contribution < 1.29 is 14.3 Å². The fourth-order valence-corrected chi connectivity index (χ4v) is 5.29. The van der Waals surface area contributed by atoms with E-state index in [4.69, 9.17) is 0 Å². The standard InChI is InChI=1S/C28H35FN4O2/c29-26-7-6-25(18-24(26)19-30)33(27(35)23-8-13-31-14-9-23)17-12-28(21-34)10-15-32(16-11-28)20-22-4-2-1-3-5-22/h1-7,18,23,31,34H,8-17,20-21H2. The first-order chi connectivity index (χ1) is 17.0. The van der Waals surface area contributed by atoms with Gasteiger partial charge in [-0.3, -0.25) is 9.69 Å². The van der Waals surface area contributed by atoms with E-state index in [1.54, 1.807) is 11.0 Å². The van der Waals surface area contributed by atoms with Crippen LogP contribution in [0.5, 0.6) is 0 Å². The summed E-state index contributed by atoms with van der Waals surface area (Å²) in [6.45, 7) is 4.81. The minimum atomic E-state index is -0.580. The number of amides is 1. The Morgan fingerprint density at radius 2 is 1.89 bits per heavy atom. The molecule has 0 atom stereocenters. The van der Waals surface area contributed by atoms with Crippen LogP contribution in [0.4, 0.5) is 10.1 Å². The molecule has 7 heteroatoms. The largest absolute Gasteiger partial charge is 0.396 e. The van der Waals surface area contributed by atoms with Crippen LogP contribution >= 0.6 is 0 Å². The van der Waals surface area contributed by atoms with Gasteiger partial charge >= 0.3 is 0 Å². The summed E-state index contributed by atoms with van der Waals surface area (Å²) in [5, 5.41) is 23.0. The lowest BCUT2D eigenvalue weighted by Crippen LogP contribution is -2.46. The van der Waals surface area contributed by atoms with Gasteiger partial charge in [-0.25, -0.2) is 4.39 Å². The zero-order valence-corrected chi connectivity index (χ0v) is 20.3. The van der Waals surface area contributed by atoms with Gasteiger partial charge in [-0.2, -0.15) is 5.26 Å². The summed E-state index contributed by atoms with van der Waals surface area (Å²) >= 11 is 0. The Bertz CT molecular complexity index is 1020. The normalized spacial score (nSPS) is 18.7. The monoisotopic (exact) mass is 478 g/mol. The predicted molar refractivity (Wildman–Crippen MR) is 134 cm³/mol. The summed E-state index contributed by atoms with van der Waals surface area (Å²) in [5.41, 5.74) is 1.53. The lowest BCUT2D eigenvalue weighted by molar-refractivity contribution is -0.123. The highest BCUT2D eigenvalue weighted by Crippen LogP contribution is 2.36. The number of aliphatic hydroxyl groups excluding tert-OH is 1. The number of rotatable bonds is 8. The Morgan fingerprint density at radius 1 is 1.17 bits per heavy atom. The van der Waals surface area contributed by atoms with E-state index in [9.17, 15) is 19.6 Å². The summed E-state index contributed by atoms with van der Waals surface area (Å²) in [6.07, 6.45) is 3.91. The van der Waals surface area contributed by atoms with Gasteiger partial charge < -0.3 is 15.3 Å². The molecule has 2 aromatic carbocycles. The zero-order chi connectivity index (χ0) is 24.7. The fourth-order valence-electron chi connectivity index (χ4n) is 5.29. The van der Waals surface area contributed by atoms with Crippen molar-refractivity contribution in [3.05, 3.63) is 65.5 Å². The molecular weight excluding hydrogens is 443 g/mol. The van der Waals surface area contributed by atoms with Crippen LogP contribution in [0.25, 0.3) is 0 Å². The van der Waals surface area contributed by atoms with E-state index in [1.165, 1.54) is 17.7 Å². The van der Waals surface area contributed by atoms with E-state index in [2.05, 4.69) is 34.5 Å². The maximum Gasteiger partial charge on any atom is 0.230 e. The molecule has 0 aromatic heterocycles. The average molecular weight is 479 g/mol. The molecule has 2 aromatic rings. The smallest absolute Gasteiger partial charge is 0.230 e. The molecule has 0 radical (unpaired) electrons. The molecule has 0 aliphatic carbocycles. The van der Waals surface area contributed by atoms with Crippen LogP contribution in [-0.4, -0.2) is 55.2 Å². The number of likely N-dealkylation sites (tertiary alicyclic amines) is 1. The van der Waals surface area contributed by atoms with Crippen LogP contribution in [0.15, 0.2) is 48.5 Å². The molecule has 2 fully saturated rings. The first-order valence-electron chi connectivity index (χ1n) is 12.6. The van der Waals surface area contributed by atoms with E-state index in [0.717, 1.165) is 58.4 Å². The molecule has 0 spiro atoms. The number of carbonyl (C=O) groups excluding carboxylic acids is 1. The Morgan fingerprint density at radius 3 is 2.54 bits per heavy atom. The predicted octanol–water partition coefficient (Wildman–Crippen LogP) is 3.69. The second-order valence-electron chi connectivity index (χ2n) is 9.96. The number of hydrogen-bond donors (Lipinski definition) is 2. The third-order valence-electron chi connectivity index (χ3n) is 7.70. The highest BCUT2D eigenvalue weighted by atomic mass is 19.1. The molecule has 0 unspecified atom stereocenters. The van der Waals surface area contributed by atoms with E-state index < -0.39 is 5.82 Å². The summed E-state index contributed by atoms with van der Waals surface area (Å²) in [4.78, 5) is 17.7. The second-order valence-corrected chi connectivity index (χ2v) is 9.96. The summed E-state index contributed by atoms with van der Waals surface area (Å²) in [7, 11) is 0. The summed E-state index contributed by atoms with van der Waals surface area (Å²) in [6, 6.07) is 16.6. The van der Waals surface area contributed by atoms with Gasteiger partial charge in [-0.15, -0.1) is 0 Å². The lowest BCUT2D eigenvalue weighted by atomic mass is 9.76. The molecule has 0 bridgehead atoms. The van der Waals surface area contributed by atoms with Gasteiger partial charge in [0.05, 0.1) is 5.56 Å². The van der Waals surface area contributed by atoms with Crippen molar-refractivity contribution in [2.45, 2.75) is 38.6 Å². The molecule has 2 aliphatic heterocycles. The van der Waals surface area contributed by atoms with Gasteiger partial charge in [0.1, 0.15) is 11.9 Å². The number of hydrogen-bond acceptors (Lipinski definition) is 5. The second kappa shape index (κ2) is 11.8. The zero-order valence-electron chi connectivity index (χ0n) is 20.3. The lowest BCUT2D eigenvalue weighted by Gasteiger charge is -2.42. The van der Waals surface area contributed by atoms with Gasteiger partial charge in [0.25, 0.3) is 0 Å². The molecular formula is C28H35FN4O2. The molecule has 0 saturated carbocycles.